The number of methoxy groups -OCH3 is 2. The number of nitrogens with zero attached hydrogens (tertiary/aromatic N) is 1. The van der Waals surface area contributed by atoms with Gasteiger partial charge in [-0.1, -0.05) is 22.9 Å². The standard InChI is InChI=1S/C19H17ClFN3O3S/c1-10-17(28-19(22-10)23-12-6-4-11(21)5-7-12)18(25)24-14-9-15(26-2)13(20)8-16(14)27-3/h4-9H,1-3H3,(H,22,23)(H,24,25). The van der Waals surface area contributed by atoms with Gasteiger partial charge in [-0.05, 0) is 31.2 Å². The molecular weight excluding hydrogens is 405 g/mol. The quantitative estimate of drug-likeness (QED) is 0.568. The highest BCUT2D eigenvalue weighted by Gasteiger charge is 2.18. The molecule has 1 amide bonds. The van der Waals surface area contributed by atoms with Crippen LogP contribution >= 0.6 is 22.9 Å². The van der Waals surface area contributed by atoms with Crippen LogP contribution in [0, 0.1) is 12.7 Å². The minimum absolute atomic E-state index is 0.326. The number of halogens is 2. The topological polar surface area (TPSA) is 72.5 Å². The van der Waals surface area contributed by atoms with Crippen LogP contribution in [0.4, 0.5) is 20.9 Å². The molecule has 0 atom stereocenters. The van der Waals surface area contributed by atoms with Gasteiger partial charge in [0.15, 0.2) is 5.13 Å². The van der Waals surface area contributed by atoms with E-state index in [4.69, 9.17) is 21.1 Å². The summed E-state index contributed by atoms with van der Waals surface area (Å²) in [6.45, 7) is 1.74. The molecule has 0 saturated carbocycles. The first kappa shape index (κ1) is 19.9. The summed E-state index contributed by atoms with van der Waals surface area (Å²) in [5.41, 5.74) is 1.66. The van der Waals surface area contributed by atoms with Crippen LogP contribution < -0.4 is 20.1 Å². The van der Waals surface area contributed by atoms with Gasteiger partial charge in [0.1, 0.15) is 22.2 Å². The fourth-order valence-corrected chi connectivity index (χ4v) is 3.57. The van der Waals surface area contributed by atoms with Crippen molar-refractivity contribution < 1.29 is 18.7 Å². The summed E-state index contributed by atoms with van der Waals surface area (Å²) in [7, 11) is 2.97. The maximum atomic E-state index is 13.0. The van der Waals surface area contributed by atoms with Crippen molar-refractivity contribution in [1.29, 1.82) is 0 Å². The fourth-order valence-electron chi connectivity index (χ4n) is 2.45. The van der Waals surface area contributed by atoms with Gasteiger partial charge in [-0.25, -0.2) is 9.37 Å². The van der Waals surface area contributed by atoms with E-state index in [0.717, 1.165) is 0 Å². The van der Waals surface area contributed by atoms with Gasteiger partial charge < -0.3 is 20.1 Å². The molecule has 0 aliphatic heterocycles. The van der Waals surface area contributed by atoms with Crippen molar-refractivity contribution in [1.82, 2.24) is 4.98 Å². The van der Waals surface area contributed by atoms with Gasteiger partial charge in [-0.2, -0.15) is 0 Å². The van der Waals surface area contributed by atoms with Gasteiger partial charge in [-0.15, -0.1) is 0 Å². The Bertz CT molecular complexity index is 1010. The molecule has 0 aliphatic carbocycles. The Morgan fingerprint density at radius 2 is 1.82 bits per heavy atom. The molecule has 0 unspecified atom stereocenters. The third-order valence-electron chi connectivity index (χ3n) is 3.82. The fraction of sp³-hybridized carbons (Fsp3) is 0.158. The minimum atomic E-state index is -0.343. The van der Waals surface area contributed by atoms with E-state index in [9.17, 15) is 9.18 Å². The molecule has 1 heterocycles. The third kappa shape index (κ3) is 4.35. The molecule has 28 heavy (non-hydrogen) atoms. The number of carbonyl (C=O) groups is 1. The van der Waals surface area contributed by atoms with Gasteiger partial charge in [0, 0.05) is 17.8 Å². The second-order valence-corrected chi connectivity index (χ2v) is 7.11. The maximum absolute atomic E-state index is 13.0. The lowest BCUT2D eigenvalue weighted by Gasteiger charge is -2.12. The Hall–Kier alpha value is -2.84. The summed E-state index contributed by atoms with van der Waals surface area (Å²) in [5, 5.41) is 6.75. The largest absolute Gasteiger partial charge is 0.495 e. The number of anilines is 3. The number of aryl methyl sites for hydroxylation is 1. The molecule has 0 aliphatic rings. The zero-order chi connectivity index (χ0) is 20.3. The monoisotopic (exact) mass is 421 g/mol. The van der Waals surface area contributed by atoms with E-state index in [1.54, 1.807) is 31.2 Å². The zero-order valence-electron chi connectivity index (χ0n) is 15.3. The summed E-state index contributed by atoms with van der Waals surface area (Å²) in [6.07, 6.45) is 0. The van der Waals surface area contributed by atoms with Crippen molar-refractivity contribution in [3.05, 3.63) is 57.8 Å². The van der Waals surface area contributed by atoms with Gasteiger partial charge >= 0.3 is 0 Å². The Labute approximate surface area is 170 Å². The first-order chi connectivity index (χ1) is 13.4. The van der Waals surface area contributed by atoms with Crippen LogP contribution in [0.1, 0.15) is 15.4 Å². The molecule has 9 heteroatoms. The molecule has 0 bridgehead atoms. The van der Waals surface area contributed by atoms with Crippen LogP contribution in [-0.4, -0.2) is 25.1 Å². The molecule has 146 valence electrons. The molecular formula is C19H17ClFN3O3S. The predicted octanol–water partition coefficient (Wildman–Crippen LogP) is 5.26. The normalized spacial score (nSPS) is 10.5. The van der Waals surface area contributed by atoms with Crippen molar-refractivity contribution in [2.24, 2.45) is 0 Å². The minimum Gasteiger partial charge on any atom is -0.495 e. The van der Waals surface area contributed by atoms with Crippen LogP contribution in [0.3, 0.4) is 0 Å². The van der Waals surface area contributed by atoms with Crippen molar-refractivity contribution in [3.8, 4) is 11.5 Å². The molecule has 6 nitrogen and oxygen atoms in total. The third-order valence-corrected chi connectivity index (χ3v) is 5.19. The number of thiazole rings is 1. The number of hydrogen-bond donors (Lipinski definition) is 2. The Kier molecular flexibility index (Phi) is 6.01. The van der Waals surface area contributed by atoms with Crippen molar-refractivity contribution in [2.45, 2.75) is 6.92 Å². The van der Waals surface area contributed by atoms with Crippen LogP contribution in [0.5, 0.6) is 11.5 Å². The van der Waals surface area contributed by atoms with Gasteiger partial charge in [0.2, 0.25) is 0 Å². The SMILES string of the molecule is COc1cc(NC(=O)c2sc(Nc3ccc(F)cc3)nc2C)c(OC)cc1Cl. The van der Waals surface area contributed by atoms with E-state index in [0.29, 0.717) is 43.6 Å². The van der Waals surface area contributed by atoms with E-state index >= 15 is 0 Å². The van der Waals surface area contributed by atoms with Gasteiger partial charge in [0.25, 0.3) is 5.91 Å². The number of hydrogen-bond acceptors (Lipinski definition) is 6. The van der Waals surface area contributed by atoms with E-state index < -0.39 is 0 Å². The summed E-state index contributed by atoms with van der Waals surface area (Å²) in [5.74, 6) is 0.154. The highest BCUT2D eigenvalue weighted by Crippen LogP contribution is 2.36. The summed E-state index contributed by atoms with van der Waals surface area (Å²) < 4.78 is 23.5. The molecule has 0 fully saturated rings. The van der Waals surface area contributed by atoms with Crippen LogP contribution in [0.2, 0.25) is 5.02 Å². The van der Waals surface area contributed by atoms with E-state index in [2.05, 4.69) is 15.6 Å². The Morgan fingerprint density at radius 1 is 1.14 bits per heavy atom. The average molecular weight is 422 g/mol. The maximum Gasteiger partial charge on any atom is 0.267 e. The summed E-state index contributed by atoms with van der Waals surface area (Å²) >= 11 is 7.28. The molecule has 2 aromatic carbocycles. The van der Waals surface area contributed by atoms with Crippen LogP contribution in [0.25, 0.3) is 0 Å². The predicted molar refractivity (Wildman–Crippen MR) is 109 cm³/mol. The molecule has 0 radical (unpaired) electrons. The van der Waals surface area contributed by atoms with Crippen LogP contribution in [0.15, 0.2) is 36.4 Å². The van der Waals surface area contributed by atoms with Crippen molar-refractivity contribution in [3.63, 3.8) is 0 Å². The second-order valence-electron chi connectivity index (χ2n) is 5.71. The molecule has 2 N–H and O–H groups in total. The first-order valence-corrected chi connectivity index (χ1v) is 9.33. The van der Waals surface area contributed by atoms with E-state index in [1.165, 1.54) is 37.7 Å². The molecule has 0 spiro atoms. The molecule has 0 saturated heterocycles. The number of aromatic nitrogens is 1. The highest BCUT2D eigenvalue weighted by molar-refractivity contribution is 7.17. The number of benzene rings is 2. The summed E-state index contributed by atoms with van der Waals surface area (Å²) in [4.78, 5) is 17.5. The molecule has 1 aromatic heterocycles. The zero-order valence-corrected chi connectivity index (χ0v) is 16.9. The number of amides is 1. The van der Waals surface area contributed by atoms with Crippen LogP contribution in [-0.2, 0) is 0 Å². The lowest BCUT2D eigenvalue weighted by molar-refractivity contribution is 0.102. The van der Waals surface area contributed by atoms with Gasteiger partial charge in [0.05, 0.1) is 30.6 Å². The Morgan fingerprint density at radius 3 is 2.46 bits per heavy atom. The number of nitrogens with one attached hydrogen (secondary N) is 2. The van der Waals surface area contributed by atoms with E-state index in [-0.39, 0.29) is 11.7 Å². The van der Waals surface area contributed by atoms with Gasteiger partial charge in [-0.3, -0.25) is 4.79 Å². The lowest BCUT2D eigenvalue weighted by atomic mass is 10.2. The number of ether oxygens (including phenoxy) is 2. The summed E-state index contributed by atoms with van der Waals surface area (Å²) in [6, 6.07) is 9.03. The molecule has 3 rings (SSSR count). The lowest BCUT2D eigenvalue weighted by Crippen LogP contribution is -2.12. The van der Waals surface area contributed by atoms with Crippen molar-refractivity contribution in [2.75, 3.05) is 24.9 Å². The average Bonchev–Trinajstić information content (AvgIpc) is 3.04. The smallest absolute Gasteiger partial charge is 0.267 e. The molecule has 3 aromatic rings. The van der Waals surface area contributed by atoms with E-state index in [1.807, 2.05) is 0 Å². The second kappa shape index (κ2) is 8.45. The Balaban J connectivity index is 1.82. The number of rotatable bonds is 6. The highest BCUT2D eigenvalue weighted by atomic mass is 35.5. The number of carbonyl (C=O) groups excluding carboxylic acids is 1. The first-order valence-electron chi connectivity index (χ1n) is 8.14. The van der Waals surface area contributed by atoms with Crippen molar-refractivity contribution >= 4 is 45.4 Å².